The number of hydrogen-bond donors (Lipinski definition) is 1. The van der Waals surface area contributed by atoms with E-state index in [1.807, 2.05) is 18.2 Å². The van der Waals surface area contributed by atoms with Gasteiger partial charge < -0.3 is 9.84 Å². The molecule has 1 aromatic carbocycles. The number of hydrogen-bond acceptors (Lipinski definition) is 3. The van der Waals surface area contributed by atoms with E-state index in [1.165, 1.54) is 5.56 Å². The standard InChI is InChI=1S/C14H20BrNO2/c1-3-6-14(17)9-16(10-14)8-11-7-12(18-2)4-5-13(11)15/h4-5,7,17H,3,6,8-10H2,1-2H3. The van der Waals surface area contributed by atoms with Gasteiger partial charge in [-0.1, -0.05) is 29.3 Å². The Balaban J connectivity index is 1.95. The Hall–Kier alpha value is -0.580. The number of nitrogens with zero attached hydrogens (tertiary/aromatic N) is 1. The topological polar surface area (TPSA) is 32.7 Å². The normalized spacial score (nSPS) is 18.4. The first-order chi connectivity index (χ1) is 8.56. The second-order valence-electron chi connectivity index (χ2n) is 5.08. The molecule has 1 saturated heterocycles. The maximum absolute atomic E-state index is 10.2. The lowest BCUT2D eigenvalue weighted by Gasteiger charge is -2.46. The molecular weight excluding hydrogens is 294 g/mol. The van der Waals surface area contributed by atoms with E-state index in [9.17, 15) is 5.11 Å². The highest BCUT2D eigenvalue weighted by Crippen LogP contribution is 2.30. The highest BCUT2D eigenvalue weighted by Gasteiger charge is 2.39. The van der Waals surface area contributed by atoms with Crippen molar-refractivity contribution in [2.24, 2.45) is 0 Å². The molecule has 0 amide bonds. The smallest absolute Gasteiger partial charge is 0.119 e. The van der Waals surface area contributed by atoms with Gasteiger partial charge in [-0.2, -0.15) is 0 Å². The molecule has 0 atom stereocenters. The quantitative estimate of drug-likeness (QED) is 0.907. The van der Waals surface area contributed by atoms with Crippen molar-refractivity contribution >= 4 is 15.9 Å². The van der Waals surface area contributed by atoms with Gasteiger partial charge in [0.15, 0.2) is 0 Å². The lowest BCUT2D eigenvalue weighted by atomic mass is 9.89. The minimum absolute atomic E-state index is 0.458. The third-order valence-corrected chi connectivity index (χ3v) is 4.17. The third-order valence-electron chi connectivity index (χ3n) is 3.40. The molecule has 18 heavy (non-hydrogen) atoms. The Labute approximate surface area is 117 Å². The summed E-state index contributed by atoms with van der Waals surface area (Å²) < 4.78 is 6.33. The van der Waals surface area contributed by atoms with Crippen LogP contribution in [0.15, 0.2) is 22.7 Å². The van der Waals surface area contributed by atoms with Crippen molar-refractivity contribution in [3.8, 4) is 5.75 Å². The summed E-state index contributed by atoms with van der Waals surface area (Å²) in [4.78, 5) is 2.26. The molecule has 1 aromatic rings. The molecule has 0 spiro atoms. The predicted molar refractivity (Wildman–Crippen MR) is 75.8 cm³/mol. The van der Waals surface area contributed by atoms with Crippen molar-refractivity contribution in [3.05, 3.63) is 28.2 Å². The van der Waals surface area contributed by atoms with Crippen molar-refractivity contribution in [2.45, 2.75) is 31.9 Å². The van der Waals surface area contributed by atoms with Crippen LogP contribution in [0.4, 0.5) is 0 Å². The van der Waals surface area contributed by atoms with Crippen LogP contribution < -0.4 is 4.74 Å². The van der Waals surface area contributed by atoms with Gasteiger partial charge in [-0.15, -0.1) is 0 Å². The average molecular weight is 314 g/mol. The van der Waals surface area contributed by atoms with E-state index < -0.39 is 5.60 Å². The van der Waals surface area contributed by atoms with Crippen molar-refractivity contribution in [2.75, 3.05) is 20.2 Å². The fraction of sp³-hybridized carbons (Fsp3) is 0.571. The van der Waals surface area contributed by atoms with Crippen molar-refractivity contribution < 1.29 is 9.84 Å². The zero-order chi connectivity index (χ0) is 13.2. The number of ether oxygens (including phenoxy) is 1. The average Bonchev–Trinajstić information content (AvgIpc) is 2.30. The molecule has 0 aromatic heterocycles. The maximum Gasteiger partial charge on any atom is 0.119 e. The van der Waals surface area contributed by atoms with E-state index in [0.717, 1.165) is 42.7 Å². The summed E-state index contributed by atoms with van der Waals surface area (Å²) in [5, 5.41) is 10.2. The van der Waals surface area contributed by atoms with Crippen molar-refractivity contribution in [1.29, 1.82) is 0 Å². The molecule has 1 aliphatic heterocycles. The van der Waals surface area contributed by atoms with E-state index in [-0.39, 0.29) is 0 Å². The Morgan fingerprint density at radius 1 is 1.44 bits per heavy atom. The van der Waals surface area contributed by atoms with Gasteiger partial charge in [0.05, 0.1) is 12.7 Å². The molecule has 0 saturated carbocycles. The number of rotatable bonds is 5. The van der Waals surface area contributed by atoms with Gasteiger partial charge in [0, 0.05) is 24.1 Å². The van der Waals surface area contributed by atoms with Crippen LogP contribution in [0.2, 0.25) is 0 Å². The fourth-order valence-corrected chi connectivity index (χ4v) is 2.93. The Morgan fingerprint density at radius 2 is 2.17 bits per heavy atom. The molecule has 1 fully saturated rings. The Morgan fingerprint density at radius 3 is 2.78 bits per heavy atom. The lowest BCUT2D eigenvalue weighted by Crippen LogP contribution is -2.60. The van der Waals surface area contributed by atoms with Gasteiger partial charge in [0.1, 0.15) is 5.75 Å². The first kappa shape index (κ1) is 13.8. The Kier molecular flexibility index (Phi) is 4.30. The van der Waals surface area contributed by atoms with Crippen LogP contribution in [0.1, 0.15) is 25.3 Å². The monoisotopic (exact) mass is 313 g/mol. The number of benzene rings is 1. The van der Waals surface area contributed by atoms with E-state index in [2.05, 4.69) is 27.8 Å². The van der Waals surface area contributed by atoms with Crippen LogP contribution in [0, 0.1) is 0 Å². The summed E-state index contributed by atoms with van der Waals surface area (Å²) in [6.07, 6.45) is 1.93. The molecule has 0 unspecified atom stereocenters. The number of β-amino-alcohol motifs (C(OH)–C–C–N with tert-alkyl or cyclic N) is 1. The molecule has 0 radical (unpaired) electrons. The molecule has 2 rings (SSSR count). The molecule has 100 valence electrons. The lowest BCUT2D eigenvalue weighted by molar-refractivity contribution is -0.106. The molecule has 0 bridgehead atoms. The number of likely N-dealkylation sites (tertiary alicyclic amines) is 1. The van der Waals surface area contributed by atoms with Crippen LogP contribution in [0.3, 0.4) is 0 Å². The molecule has 1 heterocycles. The first-order valence-electron chi connectivity index (χ1n) is 6.33. The summed E-state index contributed by atoms with van der Waals surface area (Å²) in [7, 11) is 1.68. The van der Waals surface area contributed by atoms with Gasteiger partial charge in [-0.3, -0.25) is 4.90 Å². The highest BCUT2D eigenvalue weighted by atomic mass is 79.9. The van der Waals surface area contributed by atoms with Gasteiger partial charge >= 0.3 is 0 Å². The molecule has 4 heteroatoms. The van der Waals surface area contributed by atoms with Crippen LogP contribution in [-0.2, 0) is 6.54 Å². The van der Waals surface area contributed by atoms with Crippen molar-refractivity contribution in [1.82, 2.24) is 4.90 Å². The van der Waals surface area contributed by atoms with Crippen LogP contribution in [0.5, 0.6) is 5.75 Å². The second-order valence-corrected chi connectivity index (χ2v) is 5.93. The Bertz CT molecular complexity index is 416. The summed E-state index contributed by atoms with van der Waals surface area (Å²) in [6.45, 7) is 4.50. The van der Waals surface area contributed by atoms with Crippen LogP contribution in [0.25, 0.3) is 0 Å². The van der Waals surface area contributed by atoms with E-state index in [1.54, 1.807) is 7.11 Å². The minimum atomic E-state index is -0.458. The molecule has 0 aliphatic carbocycles. The summed E-state index contributed by atoms with van der Waals surface area (Å²) >= 11 is 3.56. The predicted octanol–water partition coefficient (Wildman–Crippen LogP) is 2.80. The molecule has 1 N–H and O–H groups in total. The SMILES string of the molecule is CCCC1(O)CN(Cc2cc(OC)ccc2Br)C1. The summed E-state index contributed by atoms with van der Waals surface area (Å²) in [5.74, 6) is 0.873. The molecular formula is C14H20BrNO2. The summed E-state index contributed by atoms with van der Waals surface area (Å²) in [5.41, 5.74) is 0.744. The maximum atomic E-state index is 10.2. The third kappa shape index (κ3) is 3.05. The zero-order valence-corrected chi connectivity index (χ0v) is 12.5. The van der Waals surface area contributed by atoms with Gasteiger partial charge in [0.2, 0.25) is 0 Å². The second kappa shape index (κ2) is 5.59. The van der Waals surface area contributed by atoms with Crippen LogP contribution >= 0.6 is 15.9 Å². The van der Waals surface area contributed by atoms with Crippen LogP contribution in [-0.4, -0.2) is 35.8 Å². The number of methoxy groups -OCH3 is 1. The number of halogens is 1. The number of aliphatic hydroxyl groups is 1. The van der Waals surface area contributed by atoms with Gasteiger partial charge in [0.25, 0.3) is 0 Å². The fourth-order valence-electron chi connectivity index (χ4n) is 2.56. The van der Waals surface area contributed by atoms with Gasteiger partial charge in [-0.05, 0) is 30.2 Å². The van der Waals surface area contributed by atoms with E-state index in [0.29, 0.717) is 0 Å². The first-order valence-corrected chi connectivity index (χ1v) is 7.13. The van der Waals surface area contributed by atoms with Crippen molar-refractivity contribution in [3.63, 3.8) is 0 Å². The van der Waals surface area contributed by atoms with E-state index >= 15 is 0 Å². The van der Waals surface area contributed by atoms with Gasteiger partial charge in [-0.25, -0.2) is 0 Å². The largest absolute Gasteiger partial charge is 0.497 e. The highest BCUT2D eigenvalue weighted by molar-refractivity contribution is 9.10. The minimum Gasteiger partial charge on any atom is -0.497 e. The van der Waals surface area contributed by atoms with E-state index in [4.69, 9.17) is 4.74 Å². The zero-order valence-electron chi connectivity index (χ0n) is 10.9. The molecule has 1 aliphatic rings. The summed E-state index contributed by atoms with van der Waals surface area (Å²) in [6, 6.07) is 5.99. The molecule has 3 nitrogen and oxygen atoms in total.